The number of hydrogen-bond acceptors (Lipinski definition) is 3. The summed E-state index contributed by atoms with van der Waals surface area (Å²) in [5.74, 6) is 0.382. The number of ether oxygens (including phenoxy) is 1. The number of benzene rings is 1. The van der Waals surface area contributed by atoms with Crippen LogP contribution in [0, 0.1) is 6.92 Å². The minimum absolute atomic E-state index is 0.171. The number of hydrogen-bond donors (Lipinski definition) is 2. The normalized spacial score (nSPS) is 14.6. The van der Waals surface area contributed by atoms with Gasteiger partial charge in [0, 0.05) is 11.1 Å². The molecule has 0 saturated carbocycles. The first-order valence-corrected chi connectivity index (χ1v) is 6.87. The van der Waals surface area contributed by atoms with Crippen LogP contribution in [0.5, 0.6) is 5.75 Å². The molecule has 1 aromatic carbocycles. The summed E-state index contributed by atoms with van der Waals surface area (Å²) in [4.78, 5) is 12.0. The SMILES string of the molecule is Cc1ccc([C@H](C)O)c(OC(C)C(=O)NC(C)(C)C)c1. The van der Waals surface area contributed by atoms with E-state index in [-0.39, 0.29) is 11.4 Å². The predicted octanol–water partition coefficient (Wildman–Crippen LogP) is 2.73. The number of rotatable bonds is 4. The van der Waals surface area contributed by atoms with E-state index in [1.807, 2.05) is 45.9 Å². The quantitative estimate of drug-likeness (QED) is 0.891. The average Bonchev–Trinajstić information content (AvgIpc) is 2.26. The van der Waals surface area contributed by atoms with E-state index in [0.29, 0.717) is 11.3 Å². The molecule has 20 heavy (non-hydrogen) atoms. The van der Waals surface area contributed by atoms with Crippen molar-refractivity contribution < 1.29 is 14.6 Å². The van der Waals surface area contributed by atoms with Gasteiger partial charge in [-0.3, -0.25) is 4.79 Å². The molecule has 1 rings (SSSR count). The molecule has 0 aliphatic heterocycles. The summed E-state index contributed by atoms with van der Waals surface area (Å²) in [6.07, 6.45) is -1.25. The zero-order chi connectivity index (χ0) is 15.5. The fourth-order valence-electron chi connectivity index (χ4n) is 1.80. The van der Waals surface area contributed by atoms with E-state index in [0.717, 1.165) is 5.56 Å². The Morgan fingerprint density at radius 3 is 2.40 bits per heavy atom. The van der Waals surface area contributed by atoms with Gasteiger partial charge in [0.2, 0.25) is 0 Å². The van der Waals surface area contributed by atoms with E-state index < -0.39 is 12.2 Å². The first kappa shape index (κ1) is 16.5. The summed E-state index contributed by atoms with van der Waals surface area (Å²) in [5.41, 5.74) is 1.41. The molecule has 1 unspecified atom stereocenters. The van der Waals surface area contributed by atoms with Crippen molar-refractivity contribution in [3.05, 3.63) is 29.3 Å². The molecular weight excluding hydrogens is 254 g/mol. The molecule has 0 aromatic heterocycles. The zero-order valence-electron chi connectivity index (χ0n) is 13.2. The Labute approximate surface area is 121 Å². The van der Waals surface area contributed by atoms with E-state index in [2.05, 4.69) is 5.32 Å². The molecule has 1 amide bonds. The number of amides is 1. The minimum Gasteiger partial charge on any atom is -0.481 e. The number of aryl methyl sites for hydroxylation is 1. The van der Waals surface area contributed by atoms with Crippen LogP contribution in [-0.4, -0.2) is 22.7 Å². The maximum Gasteiger partial charge on any atom is 0.261 e. The van der Waals surface area contributed by atoms with Gasteiger partial charge in [-0.05, 0) is 53.2 Å². The third-order valence-corrected chi connectivity index (χ3v) is 2.79. The standard InChI is InChI=1S/C16H25NO3/c1-10-7-8-13(11(2)18)14(9-10)20-12(3)15(19)17-16(4,5)6/h7-9,11-12,18H,1-6H3,(H,17,19)/t11-,12?/m0/s1. The zero-order valence-corrected chi connectivity index (χ0v) is 13.2. The number of aliphatic hydroxyl groups excluding tert-OH is 1. The molecule has 0 aliphatic rings. The maximum atomic E-state index is 12.0. The summed E-state index contributed by atoms with van der Waals surface area (Å²) in [7, 11) is 0. The second-order valence-corrected chi connectivity index (χ2v) is 6.22. The van der Waals surface area contributed by atoms with Gasteiger partial charge in [-0.15, -0.1) is 0 Å². The van der Waals surface area contributed by atoms with Crippen LogP contribution in [0.4, 0.5) is 0 Å². The maximum absolute atomic E-state index is 12.0. The molecule has 2 atom stereocenters. The molecule has 0 heterocycles. The lowest BCUT2D eigenvalue weighted by molar-refractivity contribution is -0.128. The van der Waals surface area contributed by atoms with E-state index in [4.69, 9.17) is 4.74 Å². The molecule has 112 valence electrons. The molecule has 0 saturated heterocycles. The second-order valence-electron chi connectivity index (χ2n) is 6.22. The number of carbonyl (C=O) groups is 1. The molecular formula is C16H25NO3. The summed E-state index contributed by atoms with van der Waals surface area (Å²) >= 11 is 0. The molecule has 0 spiro atoms. The fourth-order valence-corrected chi connectivity index (χ4v) is 1.80. The molecule has 4 heteroatoms. The highest BCUT2D eigenvalue weighted by molar-refractivity contribution is 5.81. The van der Waals surface area contributed by atoms with Gasteiger partial charge in [0.05, 0.1) is 6.10 Å². The third kappa shape index (κ3) is 4.85. The van der Waals surface area contributed by atoms with Gasteiger partial charge in [-0.1, -0.05) is 12.1 Å². The summed E-state index contributed by atoms with van der Waals surface area (Å²) in [5, 5.41) is 12.6. The smallest absolute Gasteiger partial charge is 0.261 e. The van der Waals surface area contributed by atoms with Gasteiger partial charge in [-0.25, -0.2) is 0 Å². The Bertz CT molecular complexity index is 475. The Balaban J connectivity index is 2.87. The van der Waals surface area contributed by atoms with Crippen LogP contribution in [0.15, 0.2) is 18.2 Å². The van der Waals surface area contributed by atoms with Crippen molar-refractivity contribution in [2.75, 3.05) is 0 Å². The van der Waals surface area contributed by atoms with Gasteiger partial charge in [-0.2, -0.15) is 0 Å². The molecule has 0 fully saturated rings. The number of aliphatic hydroxyl groups is 1. The van der Waals surface area contributed by atoms with Gasteiger partial charge in [0.1, 0.15) is 5.75 Å². The van der Waals surface area contributed by atoms with Crippen molar-refractivity contribution in [2.45, 2.75) is 59.3 Å². The highest BCUT2D eigenvalue weighted by Gasteiger charge is 2.22. The Morgan fingerprint density at radius 2 is 1.90 bits per heavy atom. The average molecular weight is 279 g/mol. The van der Waals surface area contributed by atoms with Crippen molar-refractivity contribution in [1.82, 2.24) is 5.32 Å². The Morgan fingerprint density at radius 1 is 1.30 bits per heavy atom. The van der Waals surface area contributed by atoms with Gasteiger partial charge in [0.25, 0.3) is 5.91 Å². The molecule has 2 N–H and O–H groups in total. The van der Waals surface area contributed by atoms with Crippen LogP contribution < -0.4 is 10.1 Å². The summed E-state index contributed by atoms with van der Waals surface area (Å²) < 4.78 is 5.72. The topological polar surface area (TPSA) is 58.6 Å². The van der Waals surface area contributed by atoms with Crippen LogP contribution in [0.3, 0.4) is 0 Å². The Hall–Kier alpha value is -1.55. The molecule has 0 aliphatic carbocycles. The van der Waals surface area contributed by atoms with E-state index in [1.54, 1.807) is 13.8 Å². The summed E-state index contributed by atoms with van der Waals surface area (Å²) in [6, 6.07) is 5.57. The summed E-state index contributed by atoms with van der Waals surface area (Å²) in [6.45, 7) is 11.1. The van der Waals surface area contributed by atoms with Crippen LogP contribution in [0.2, 0.25) is 0 Å². The van der Waals surface area contributed by atoms with Crippen molar-refractivity contribution >= 4 is 5.91 Å². The molecule has 1 aromatic rings. The van der Waals surface area contributed by atoms with E-state index >= 15 is 0 Å². The molecule has 4 nitrogen and oxygen atoms in total. The lowest BCUT2D eigenvalue weighted by atomic mass is 10.1. The number of carbonyl (C=O) groups excluding carboxylic acids is 1. The first-order chi connectivity index (χ1) is 9.10. The van der Waals surface area contributed by atoms with Crippen LogP contribution in [0.25, 0.3) is 0 Å². The van der Waals surface area contributed by atoms with Crippen LogP contribution >= 0.6 is 0 Å². The van der Waals surface area contributed by atoms with Crippen molar-refractivity contribution in [2.24, 2.45) is 0 Å². The second kappa shape index (κ2) is 6.27. The van der Waals surface area contributed by atoms with E-state index in [9.17, 15) is 9.90 Å². The van der Waals surface area contributed by atoms with Crippen LogP contribution in [-0.2, 0) is 4.79 Å². The first-order valence-electron chi connectivity index (χ1n) is 6.87. The van der Waals surface area contributed by atoms with Crippen molar-refractivity contribution in [3.63, 3.8) is 0 Å². The Kier molecular flexibility index (Phi) is 5.17. The largest absolute Gasteiger partial charge is 0.481 e. The minimum atomic E-state index is -0.636. The predicted molar refractivity (Wildman–Crippen MR) is 79.8 cm³/mol. The van der Waals surface area contributed by atoms with Crippen LogP contribution in [0.1, 0.15) is 51.8 Å². The lowest BCUT2D eigenvalue weighted by Gasteiger charge is -2.24. The van der Waals surface area contributed by atoms with E-state index in [1.165, 1.54) is 0 Å². The van der Waals surface area contributed by atoms with Gasteiger partial charge < -0.3 is 15.2 Å². The van der Waals surface area contributed by atoms with Crippen molar-refractivity contribution in [3.8, 4) is 5.75 Å². The van der Waals surface area contributed by atoms with Crippen molar-refractivity contribution in [1.29, 1.82) is 0 Å². The highest BCUT2D eigenvalue weighted by atomic mass is 16.5. The lowest BCUT2D eigenvalue weighted by Crippen LogP contribution is -2.46. The molecule has 0 bridgehead atoms. The monoisotopic (exact) mass is 279 g/mol. The van der Waals surface area contributed by atoms with Gasteiger partial charge in [0.15, 0.2) is 6.10 Å². The third-order valence-electron chi connectivity index (χ3n) is 2.79. The number of nitrogens with one attached hydrogen (secondary N) is 1. The fraction of sp³-hybridized carbons (Fsp3) is 0.562. The highest BCUT2D eigenvalue weighted by Crippen LogP contribution is 2.27. The van der Waals surface area contributed by atoms with Gasteiger partial charge >= 0.3 is 0 Å². The molecule has 0 radical (unpaired) electrons.